The van der Waals surface area contributed by atoms with Crippen molar-refractivity contribution in [3.05, 3.63) is 0 Å². The molecule has 0 aliphatic rings. The number of carboxylic acids is 2. The van der Waals surface area contributed by atoms with Crippen LogP contribution in [0.15, 0.2) is 0 Å². The highest BCUT2D eigenvalue weighted by molar-refractivity contribution is 5.94. The van der Waals surface area contributed by atoms with Gasteiger partial charge in [0.05, 0.1) is 12.5 Å². The van der Waals surface area contributed by atoms with Crippen molar-refractivity contribution in [2.24, 2.45) is 23.3 Å². The summed E-state index contributed by atoms with van der Waals surface area (Å²) in [4.78, 5) is 60.8. The second-order valence-electron chi connectivity index (χ2n) is 8.63. The highest BCUT2D eigenvalue weighted by Crippen LogP contribution is 2.12. The number of amides is 3. The lowest BCUT2D eigenvalue weighted by atomic mass is 9.96. The first-order chi connectivity index (χ1) is 15.9. The van der Waals surface area contributed by atoms with Crippen LogP contribution in [0.1, 0.15) is 66.2 Å². The maximum Gasteiger partial charge on any atom is 0.326 e. The summed E-state index contributed by atoms with van der Waals surface area (Å²) in [6, 6.07) is -4.56. The molecule has 0 aliphatic heterocycles. The van der Waals surface area contributed by atoms with E-state index in [9.17, 15) is 29.1 Å². The van der Waals surface area contributed by atoms with Crippen LogP contribution >= 0.6 is 0 Å². The number of carbonyl (C=O) groups excluding carboxylic acids is 3. The number of carbonyl (C=O) groups is 5. The minimum Gasteiger partial charge on any atom is -0.481 e. The molecule has 0 fully saturated rings. The molecule has 34 heavy (non-hydrogen) atoms. The molecule has 6 atom stereocenters. The van der Waals surface area contributed by atoms with Crippen molar-refractivity contribution >= 4 is 29.7 Å². The number of nitrogens with one attached hydrogen (secondary N) is 3. The molecule has 9 N–H and O–H groups in total. The predicted octanol–water partition coefficient (Wildman–Crippen LogP) is -0.451. The van der Waals surface area contributed by atoms with Gasteiger partial charge in [0.2, 0.25) is 17.7 Å². The van der Waals surface area contributed by atoms with Gasteiger partial charge in [-0.2, -0.15) is 0 Å². The van der Waals surface area contributed by atoms with Crippen LogP contribution < -0.4 is 27.4 Å². The average Bonchev–Trinajstić information content (AvgIpc) is 2.78. The van der Waals surface area contributed by atoms with Crippen LogP contribution in [0.3, 0.4) is 0 Å². The Bertz CT molecular complexity index is 703. The van der Waals surface area contributed by atoms with E-state index in [-0.39, 0.29) is 18.3 Å². The lowest BCUT2D eigenvalue weighted by Crippen LogP contribution is -2.59. The molecule has 0 aromatic heterocycles. The molecule has 6 unspecified atom stereocenters. The Kier molecular flexibility index (Phi) is 14.7. The fraction of sp³-hybridized carbons (Fsp3) is 0.773. The predicted molar refractivity (Wildman–Crippen MR) is 125 cm³/mol. The minimum atomic E-state index is -1.34. The van der Waals surface area contributed by atoms with Gasteiger partial charge in [0.25, 0.3) is 0 Å². The Balaban J connectivity index is 5.62. The van der Waals surface area contributed by atoms with E-state index >= 15 is 0 Å². The largest absolute Gasteiger partial charge is 0.481 e. The molecule has 0 aliphatic carbocycles. The van der Waals surface area contributed by atoms with Crippen molar-refractivity contribution < 1.29 is 34.2 Å². The average molecular weight is 488 g/mol. The summed E-state index contributed by atoms with van der Waals surface area (Å²) in [5.41, 5.74) is 11.1. The van der Waals surface area contributed by atoms with Crippen LogP contribution in [0.5, 0.6) is 0 Å². The van der Waals surface area contributed by atoms with Gasteiger partial charge in [-0.05, 0) is 37.6 Å². The smallest absolute Gasteiger partial charge is 0.326 e. The quantitative estimate of drug-likeness (QED) is 0.132. The molecule has 3 amide bonds. The van der Waals surface area contributed by atoms with Crippen molar-refractivity contribution in [2.75, 3.05) is 6.54 Å². The van der Waals surface area contributed by atoms with Crippen LogP contribution in [0.2, 0.25) is 0 Å². The van der Waals surface area contributed by atoms with E-state index < -0.39 is 60.2 Å². The first-order valence-electron chi connectivity index (χ1n) is 11.7. The summed E-state index contributed by atoms with van der Waals surface area (Å²) >= 11 is 0. The number of rotatable bonds is 17. The maximum atomic E-state index is 13.1. The fourth-order valence-electron chi connectivity index (χ4n) is 3.20. The summed E-state index contributed by atoms with van der Waals surface area (Å²) in [5.74, 6) is -5.19. The molecule has 0 saturated heterocycles. The van der Waals surface area contributed by atoms with Crippen LogP contribution in [0, 0.1) is 11.8 Å². The van der Waals surface area contributed by atoms with Gasteiger partial charge in [-0.25, -0.2) is 4.79 Å². The molecule has 0 radical (unpaired) electrons. The highest BCUT2D eigenvalue weighted by Gasteiger charge is 2.33. The van der Waals surface area contributed by atoms with Gasteiger partial charge in [0.1, 0.15) is 18.1 Å². The van der Waals surface area contributed by atoms with Gasteiger partial charge in [0, 0.05) is 0 Å². The number of nitrogens with two attached hydrogens (primary N) is 2. The molecule has 0 aromatic rings. The van der Waals surface area contributed by atoms with Gasteiger partial charge < -0.3 is 37.6 Å². The molecule has 196 valence electrons. The number of aliphatic carboxylic acids is 2. The van der Waals surface area contributed by atoms with Gasteiger partial charge >= 0.3 is 11.9 Å². The molecule has 12 heteroatoms. The maximum absolute atomic E-state index is 13.1. The Morgan fingerprint density at radius 1 is 0.794 bits per heavy atom. The lowest BCUT2D eigenvalue weighted by molar-refractivity contribution is -0.144. The standard InChI is InChI=1S/C22H41N5O7/c1-5-12(3)17(26-19(30)14(24)11-16(28)29)21(32)25-15(9-7-8-10-23)20(31)27-18(22(33)34)13(4)6-2/h12-15,17-18H,5-11,23-24H2,1-4H3,(H,25,32)(H,26,30)(H,27,31)(H,28,29)(H,33,34). The van der Waals surface area contributed by atoms with Crippen molar-refractivity contribution in [3.63, 3.8) is 0 Å². The second-order valence-corrected chi connectivity index (χ2v) is 8.63. The van der Waals surface area contributed by atoms with Crippen LogP contribution in [0.25, 0.3) is 0 Å². The van der Waals surface area contributed by atoms with E-state index in [0.717, 1.165) is 0 Å². The first-order valence-corrected chi connectivity index (χ1v) is 11.7. The number of hydrogen-bond acceptors (Lipinski definition) is 7. The third kappa shape index (κ3) is 10.9. The lowest BCUT2D eigenvalue weighted by Gasteiger charge is -2.28. The van der Waals surface area contributed by atoms with Crippen molar-refractivity contribution in [1.82, 2.24) is 16.0 Å². The molecule has 0 rings (SSSR count). The normalized spacial score (nSPS) is 16.3. The number of unbranched alkanes of at least 4 members (excludes halogenated alkanes) is 1. The Morgan fingerprint density at radius 2 is 1.32 bits per heavy atom. The van der Waals surface area contributed by atoms with Crippen LogP contribution in [-0.2, 0) is 24.0 Å². The molecule has 0 aromatic carbocycles. The van der Waals surface area contributed by atoms with E-state index in [1.807, 2.05) is 13.8 Å². The SMILES string of the molecule is CCC(C)C(NC(=O)C(CCCCN)NC(=O)C(NC(=O)C(N)CC(=O)O)C(C)CC)C(=O)O. The van der Waals surface area contributed by atoms with Crippen LogP contribution in [0.4, 0.5) is 0 Å². The van der Waals surface area contributed by atoms with E-state index in [0.29, 0.717) is 32.2 Å². The Hall–Kier alpha value is -2.73. The zero-order chi connectivity index (χ0) is 26.4. The third-order valence-corrected chi connectivity index (χ3v) is 5.88. The van der Waals surface area contributed by atoms with E-state index in [4.69, 9.17) is 16.6 Å². The van der Waals surface area contributed by atoms with Crippen molar-refractivity contribution in [1.29, 1.82) is 0 Å². The Labute approximate surface area is 200 Å². The van der Waals surface area contributed by atoms with Crippen LogP contribution in [-0.4, -0.2) is 70.6 Å². The number of hydrogen-bond donors (Lipinski definition) is 7. The summed E-state index contributed by atoms with van der Waals surface area (Å²) < 4.78 is 0. The van der Waals surface area contributed by atoms with E-state index in [1.54, 1.807) is 13.8 Å². The molecule has 0 bridgehead atoms. The topological polar surface area (TPSA) is 214 Å². The summed E-state index contributed by atoms with van der Waals surface area (Å²) in [6.45, 7) is 7.43. The monoisotopic (exact) mass is 487 g/mol. The van der Waals surface area contributed by atoms with Crippen molar-refractivity contribution in [2.45, 2.75) is 90.4 Å². The highest BCUT2D eigenvalue weighted by atomic mass is 16.4. The summed E-state index contributed by atoms with van der Waals surface area (Å²) in [7, 11) is 0. The van der Waals surface area contributed by atoms with Crippen molar-refractivity contribution in [3.8, 4) is 0 Å². The second kappa shape index (κ2) is 16.0. The molecule has 0 heterocycles. The minimum absolute atomic E-state index is 0.224. The molecule has 0 spiro atoms. The molecule has 0 saturated carbocycles. The van der Waals surface area contributed by atoms with E-state index in [1.165, 1.54) is 0 Å². The molecular weight excluding hydrogens is 446 g/mol. The molecule has 12 nitrogen and oxygen atoms in total. The first kappa shape index (κ1) is 31.3. The Morgan fingerprint density at radius 3 is 1.79 bits per heavy atom. The molecular formula is C22H41N5O7. The van der Waals surface area contributed by atoms with Gasteiger partial charge in [-0.15, -0.1) is 0 Å². The zero-order valence-electron chi connectivity index (χ0n) is 20.5. The van der Waals surface area contributed by atoms with E-state index in [2.05, 4.69) is 16.0 Å². The zero-order valence-corrected chi connectivity index (χ0v) is 20.5. The fourth-order valence-corrected chi connectivity index (χ4v) is 3.20. The number of carboxylic acid groups (broad SMARTS) is 2. The van der Waals surface area contributed by atoms with Gasteiger partial charge in [0.15, 0.2) is 0 Å². The summed E-state index contributed by atoms with van der Waals surface area (Å²) in [6.07, 6.45) is 1.77. The van der Waals surface area contributed by atoms with Gasteiger partial charge in [-0.1, -0.05) is 40.5 Å². The summed E-state index contributed by atoms with van der Waals surface area (Å²) in [5, 5.41) is 25.9. The van der Waals surface area contributed by atoms with Gasteiger partial charge in [-0.3, -0.25) is 19.2 Å². The third-order valence-electron chi connectivity index (χ3n) is 5.88.